The molecule has 0 radical (unpaired) electrons. The van der Waals surface area contributed by atoms with Gasteiger partial charge in [0.25, 0.3) is 0 Å². The zero-order valence-electron chi connectivity index (χ0n) is 9.09. The van der Waals surface area contributed by atoms with Crippen LogP contribution in [0, 0.1) is 21.4 Å². The van der Waals surface area contributed by atoms with Crippen molar-refractivity contribution in [2.45, 2.75) is 12.8 Å². The number of nitriles is 1. The van der Waals surface area contributed by atoms with Crippen LogP contribution in [0.25, 0.3) is 0 Å². The van der Waals surface area contributed by atoms with Crippen LogP contribution in [0.1, 0.15) is 18.4 Å². The summed E-state index contributed by atoms with van der Waals surface area (Å²) in [5.41, 5.74) is -0.325. The van der Waals surface area contributed by atoms with Crippen molar-refractivity contribution in [3.63, 3.8) is 0 Å². The van der Waals surface area contributed by atoms with Gasteiger partial charge in [0.2, 0.25) is 5.82 Å². The SMILES string of the molecule is N#Cc1ccnc(NCCCCO)c1[N+](=O)[O-]. The number of nitrogens with one attached hydrogen (secondary N) is 1. The van der Waals surface area contributed by atoms with E-state index < -0.39 is 4.92 Å². The number of hydrogen-bond acceptors (Lipinski definition) is 6. The summed E-state index contributed by atoms with van der Waals surface area (Å²) in [7, 11) is 0. The van der Waals surface area contributed by atoms with E-state index in [0.717, 1.165) is 0 Å². The lowest BCUT2D eigenvalue weighted by Crippen LogP contribution is -2.07. The summed E-state index contributed by atoms with van der Waals surface area (Å²) >= 11 is 0. The molecule has 1 aromatic rings. The average molecular weight is 236 g/mol. The Kier molecular flexibility index (Phi) is 4.84. The van der Waals surface area contributed by atoms with Gasteiger partial charge in [-0.05, 0) is 18.9 Å². The third-order valence-corrected chi connectivity index (χ3v) is 2.10. The molecule has 1 rings (SSSR count). The van der Waals surface area contributed by atoms with E-state index in [9.17, 15) is 10.1 Å². The third-order valence-electron chi connectivity index (χ3n) is 2.10. The maximum atomic E-state index is 10.8. The maximum absolute atomic E-state index is 10.8. The summed E-state index contributed by atoms with van der Waals surface area (Å²) < 4.78 is 0. The van der Waals surface area contributed by atoms with Crippen molar-refractivity contribution in [1.82, 2.24) is 4.98 Å². The van der Waals surface area contributed by atoms with Gasteiger partial charge in [-0.2, -0.15) is 5.26 Å². The van der Waals surface area contributed by atoms with Gasteiger partial charge >= 0.3 is 5.69 Å². The molecule has 0 fully saturated rings. The summed E-state index contributed by atoms with van der Waals surface area (Å²) in [5, 5.41) is 31.0. The van der Waals surface area contributed by atoms with E-state index in [1.54, 1.807) is 6.07 Å². The van der Waals surface area contributed by atoms with Gasteiger partial charge in [-0.15, -0.1) is 0 Å². The average Bonchev–Trinajstić information content (AvgIpc) is 2.33. The fourth-order valence-electron chi connectivity index (χ4n) is 1.30. The van der Waals surface area contributed by atoms with E-state index in [4.69, 9.17) is 10.4 Å². The molecule has 0 aliphatic rings. The molecule has 90 valence electrons. The van der Waals surface area contributed by atoms with Crippen LogP contribution >= 0.6 is 0 Å². The van der Waals surface area contributed by atoms with Gasteiger partial charge in [0.05, 0.1) is 4.92 Å². The van der Waals surface area contributed by atoms with Crippen LogP contribution in [-0.2, 0) is 0 Å². The Hall–Kier alpha value is -2.20. The van der Waals surface area contributed by atoms with Crippen LogP contribution in [0.5, 0.6) is 0 Å². The Morgan fingerprint density at radius 2 is 2.35 bits per heavy atom. The minimum absolute atomic E-state index is 0.0188. The van der Waals surface area contributed by atoms with Gasteiger partial charge in [0, 0.05) is 19.3 Å². The molecular weight excluding hydrogens is 224 g/mol. The van der Waals surface area contributed by atoms with Crippen LogP contribution in [0.2, 0.25) is 0 Å². The summed E-state index contributed by atoms with van der Waals surface area (Å²) in [6.07, 6.45) is 2.63. The Bertz CT molecular complexity index is 442. The maximum Gasteiger partial charge on any atom is 0.328 e. The number of nitrogens with zero attached hydrogens (tertiary/aromatic N) is 3. The molecule has 0 amide bonds. The highest BCUT2D eigenvalue weighted by Crippen LogP contribution is 2.25. The van der Waals surface area contributed by atoms with E-state index in [2.05, 4.69) is 10.3 Å². The Morgan fingerprint density at radius 1 is 1.59 bits per heavy atom. The smallest absolute Gasteiger partial charge is 0.328 e. The molecule has 0 bridgehead atoms. The zero-order chi connectivity index (χ0) is 12.7. The summed E-state index contributed by atoms with van der Waals surface area (Å²) in [6.45, 7) is 0.540. The standard InChI is InChI=1S/C10H12N4O3/c11-7-8-3-5-13-10(9(8)14(16)17)12-4-1-2-6-15/h3,5,15H,1-2,4,6H2,(H,12,13). The van der Waals surface area contributed by atoms with Crippen LogP contribution in [0.3, 0.4) is 0 Å². The van der Waals surface area contributed by atoms with Crippen LogP contribution in [-0.4, -0.2) is 28.2 Å². The predicted octanol–water partition coefficient (Wildman–Crippen LogP) is 1.05. The molecule has 17 heavy (non-hydrogen) atoms. The lowest BCUT2D eigenvalue weighted by Gasteiger charge is -2.05. The lowest BCUT2D eigenvalue weighted by molar-refractivity contribution is -0.384. The fourth-order valence-corrected chi connectivity index (χ4v) is 1.30. The molecule has 0 aliphatic heterocycles. The van der Waals surface area contributed by atoms with E-state index >= 15 is 0 Å². The molecule has 0 unspecified atom stereocenters. The van der Waals surface area contributed by atoms with Gasteiger partial charge in [-0.1, -0.05) is 0 Å². The number of hydrogen-bond donors (Lipinski definition) is 2. The number of pyridine rings is 1. The first-order valence-electron chi connectivity index (χ1n) is 5.09. The second kappa shape index (κ2) is 6.40. The minimum Gasteiger partial charge on any atom is -0.396 e. The second-order valence-corrected chi connectivity index (χ2v) is 3.28. The molecule has 1 aromatic heterocycles. The summed E-state index contributed by atoms with van der Waals surface area (Å²) in [4.78, 5) is 14.0. The molecule has 0 atom stereocenters. The Balaban J connectivity index is 2.84. The first kappa shape index (κ1) is 12.9. The van der Waals surface area contributed by atoms with Crippen molar-refractivity contribution < 1.29 is 10.0 Å². The monoisotopic (exact) mass is 236 g/mol. The van der Waals surface area contributed by atoms with Crippen molar-refractivity contribution in [2.75, 3.05) is 18.5 Å². The number of nitro groups is 1. The van der Waals surface area contributed by atoms with Crippen molar-refractivity contribution >= 4 is 11.5 Å². The highest BCUT2D eigenvalue weighted by Gasteiger charge is 2.20. The largest absolute Gasteiger partial charge is 0.396 e. The number of aliphatic hydroxyl groups is 1. The van der Waals surface area contributed by atoms with Crippen molar-refractivity contribution in [3.05, 3.63) is 27.9 Å². The minimum atomic E-state index is -0.625. The number of rotatable bonds is 6. The molecular formula is C10H12N4O3. The van der Waals surface area contributed by atoms with E-state index in [0.29, 0.717) is 19.4 Å². The van der Waals surface area contributed by atoms with Crippen molar-refractivity contribution in [1.29, 1.82) is 5.26 Å². The molecule has 0 saturated carbocycles. The van der Waals surface area contributed by atoms with Crippen LogP contribution < -0.4 is 5.32 Å². The number of aliphatic hydroxyl groups excluding tert-OH is 1. The normalized spacial score (nSPS) is 9.65. The number of unbranched alkanes of at least 4 members (excludes halogenated alkanes) is 1. The highest BCUT2D eigenvalue weighted by atomic mass is 16.6. The molecule has 0 aromatic carbocycles. The fraction of sp³-hybridized carbons (Fsp3) is 0.400. The number of aromatic nitrogens is 1. The molecule has 2 N–H and O–H groups in total. The summed E-state index contributed by atoms with van der Waals surface area (Å²) in [5.74, 6) is 0.0898. The Labute approximate surface area is 97.9 Å². The van der Waals surface area contributed by atoms with E-state index in [1.807, 2.05) is 0 Å². The van der Waals surface area contributed by atoms with Gasteiger partial charge in [0.15, 0.2) is 0 Å². The van der Waals surface area contributed by atoms with Crippen LogP contribution in [0.4, 0.5) is 11.5 Å². The predicted molar refractivity (Wildman–Crippen MR) is 60.4 cm³/mol. The topological polar surface area (TPSA) is 112 Å². The van der Waals surface area contributed by atoms with E-state index in [1.165, 1.54) is 12.3 Å². The van der Waals surface area contributed by atoms with Crippen LogP contribution in [0.15, 0.2) is 12.3 Å². The highest BCUT2D eigenvalue weighted by molar-refractivity contribution is 5.63. The first-order valence-corrected chi connectivity index (χ1v) is 5.09. The van der Waals surface area contributed by atoms with Gasteiger partial charge in [-0.3, -0.25) is 10.1 Å². The molecule has 1 heterocycles. The molecule has 0 saturated heterocycles. The lowest BCUT2D eigenvalue weighted by atomic mass is 10.2. The van der Waals surface area contributed by atoms with Gasteiger partial charge in [-0.25, -0.2) is 4.98 Å². The second-order valence-electron chi connectivity index (χ2n) is 3.28. The molecule has 0 spiro atoms. The molecule has 7 heteroatoms. The molecule has 7 nitrogen and oxygen atoms in total. The molecule has 0 aliphatic carbocycles. The van der Waals surface area contributed by atoms with Gasteiger partial charge < -0.3 is 10.4 Å². The van der Waals surface area contributed by atoms with E-state index in [-0.39, 0.29) is 23.7 Å². The third kappa shape index (κ3) is 3.39. The zero-order valence-corrected chi connectivity index (χ0v) is 9.09. The van der Waals surface area contributed by atoms with Crippen molar-refractivity contribution in [2.24, 2.45) is 0 Å². The first-order chi connectivity index (χ1) is 8.20. The number of anilines is 1. The van der Waals surface area contributed by atoms with Gasteiger partial charge in [0.1, 0.15) is 11.6 Å². The summed E-state index contributed by atoms with van der Waals surface area (Å²) in [6, 6.07) is 3.06. The Morgan fingerprint density at radius 3 is 2.94 bits per heavy atom. The van der Waals surface area contributed by atoms with Crippen molar-refractivity contribution in [3.8, 4) is 6.07 Å². The quantitative estimate of drug-likeness (QED) is 0.433.